The van der Waals surface area contributed by atoms with E-state index in [4.69, 9.17) is 4.74 Å². The molecule has 1 aromatic carbocycles. The molecule has 3 heteroatoms. The number of carbonyl (C=O) groups is 1. The maximum atomic E-state index is 11.1. The smallest absolute Gasteiger partial charge is 0.149 e. The summed E-state index contributed by atoms with van der Waals surface area (Å²) in [7, 11) is 1.76. The highest BCUT2D eigenvalue weighted by Gasteiger charge is 2.10. The second-order valence-corrected chi connectivity index (χ2v) is 3.45. The summed E-state index contributed by atoms with van der Waals surface area (Å²) in [6, 6.07) is 9.71. The lowest BCUT2D eigenvalue weighted by atomic mass is 10.2. The van der Waals surface area contributed by atoms with E-state index in [1.165, 1.54) is 0 Å². The molecular formula is C12H17NO2. The van der Waals surface area contributed by atoms with E-state index in [0.29, 0.717) is 13.2 Å². The van der Waals surface area contributed by atoms with Crippen molar-refractivity contribution < 1.29 is 9.53 Å². The fourth-order valence-electron chi connectivity index (χ4n) is 1.27. The van der Waals surface area contributed by atoms with Gasteiger partial charge in [-0.3, -0.25) is 4.79 Å². The first-order valence-electron chi connectivity index (χ1n) is 5.03. The highest BCUT2D eigenvalue weighted by molar-refractivity contribution is 5.81. The molecule has 0 saturated heterocycles. The van der Waals surface area contributed by atoms with Gasteiger partial charge >= 0.3 is 0 Å². The minimum Gasteiger partial charge on any atom is -0.375 e. The van der Waals surface area contributed by atoms with Gasteiger partial charge in [-0.25, -0.2) is 0 Å². The van der Waals surface area contributed by atoms with Crippen LogP contribution >= 0.6 is 0 Å². The SMILES string of the molecule is CN[C@H](COCc1ccccc1)C(C)=O. The molecule has 0 unspecified atom stereocenters. The van der Waals surface area contributed by atoms with E-state index < -0.39 is 0 Å². The number of ketones is 1. The highest BCUT2D eigenvalue weighted by Crippen LogP contribution is 2.01. The third-order valence-corrected chi connectivity index (χ3v) is 2.24. The van der Waals surface area contributed by atoms with Crippen LogP contribution in [0.2, 0.25) is 0 Å². The Balaban J connectivity index is 2.30. The number of nitrogens with one attached hydrogen (secondary N) is 1. The van der Waals surface area contributed by atoms with E-state index in [0.717, 1.165) is 5.56 Å². The molecule has 0 saturated carbocycles. The van der Waals surface area contributed by atoms with Crippen LogP contribution in [0.3, 0.4) is 0 Å². The van der Waals surface area contributed by atoms with Gasteiger partial charge in [-0.15, -0.1) is 0 Å². The first-order valence-corrected chi connectivity index (χ1v) is 5.03. The Morgan fingerprint density at radius 1 is 1.40 bits per heavy atom. The second kappa shape index (κ2) is 6.32. The molecule has 1 aromatic rings. The molecule has 0 spiro atoms. The Hall–Kier alpha value is -1.19. The molecule has 82 valence electrons. The predicted octanol–water partition coefficient (Wildman–Crippen LogP) is 1.38. The van der Waals surface area contributed by atoms with Gasteiger partial charge in [-0.1, -0.05) is 30.3 Å². The van der Waals surface area contributed by atoms with Crippen molar-refractivity contribution in [2.45, 2.75) is 19.6 Å². The Morgan fingerprint density at radius 2 is 2.07 bits per heavy atom. The van der Waals surface area contributed by atoms with E-state index in [9.17, 15) is 4.79 Å². The van der Waals surface area contributed by atoms with Gasteiger partial charge in [-0.2, -0.15) is 0 Å². The predicted molar refractivity (Wildman–Crippen MR) is 59.6 cm³/mol. The normalized spacial score (nSPS) is 12.4. The summed E-state index contributed by atoms with van der Waals surface area (Å²) in [4.78, 5) is 11.1. The van der Waals surface area contributed by atoms with Crippen LogP contribution in [0.5, 0.6) is 0 Å². The van der Waals surface area contributed by atoms with Gasteiger partial charge < -0.3 is 10.1 Å². The number of rotatable bonds is 6. The van der Waals surface area contributed by atoms with Gasteiger partial charge in [0.15, 0.2) is 0 Å². The lowest BCUT2D eigenvalue weighted by Crippen LogP contribution is -2.36. The molecule has 0 aliphatic rings. The van der Waals surface area contributed by atoms with E-state index in [-0.39, 0.29) is 11.8 Å². The van der Waals surface area contributed by atoms with Crippen molar-refractivity contribution in [1.29, 1.82) is 0 Å². The minimum absolute atomic E-state index is 0.102. The average Bonchev–Trinajstić information content (AvgIpc) is 2.25. The van der Waals surface area contributed by atoms with Crippen LogP contribution in [-0.2, 0) is 16.1 Å². The number of Topliss-reactive ketones (excluding diaryl/α,β-unsaturated/α-hetero) is 1. The summed E-state index contributed by atoms with van der Waals surface area (Å²) < 4.78 is 5.45. The molecule has 0 aromatic heterocycles. The fraction of sp³-hybridized carbons (Fsp3) is 0.417. The van der Waals surface area contributed by atoms with Crippen molar-refractivity contribution in [1.82, 2.24) is 5.32 Å². The largest absolute Gasteiger partial charge is 0.375 e. The van der Waals surface area contributed by atoms with Crippen molar-refractivity contribution in [2.24, 2.45) is 0 Å². The zero-order valence-corrected chi connectivity index (χ0v) is 9.19. The van der Waals surface area contributed by atoms with Gasteiger partial charge in [0.1, 0.15) is 5.78 Å². The lowest BCUT2D eigenvalue weighted by molar-refractivity contribution is -0.120. The van der Waals surface area contributed by atoms with Gasteiger partial charge in [0.2, 0.25) is 0 Å². The van der Waals surface area contributed by atoms with Gasteiger partial charge in [-0.05, 0) is 19.5 Å². The summed E-state index contributed by atoms with van der Waals surface area (Å²) in [6.07, 6.45) is 0. The van der Waals surface area contributed by atoms with Gasteiger partial charge in [0.25, 0.3) is 0 Å². The van der Waals surface area contributed by atoms with Crippen molar-refractivity contribution >= 4 is 5.78 Å². The van der Waals surface area contributed by atoms with Crippen LogP contribution in [-0.4, -0.2) is 25.5 Å². The molecule has 0 heterocycles. The minimum atomic E-state index is -0.200. The maximum Gasteiger partial charge on any atom is 0.149 e. The number of hydrogen-bond acceptors (Lipinski definition) is 3. The molecule has 1 N–H and O–H groups in total. The van der Waals surface area contributed by atoms with E-state index in [2.05, 4.69) is 5.32 Å². The zero-order chi connectivity index (χ0) is 11.1. The molecule has 0 radical (unpaired) electrons. The first kappa shape index (κ1) is 11.9. The number of benzene rings is 1. The Bertz CT molecular complexity index is 298. The third-order valence-electron chi connectivity index (χ3n) is 2.24. The van der Waals surface area contributed by atoms with E-state index in [1.54, 1.807) is 14.0 Å². The second-order valence-electron chi connectivity index (χ2n) is 3.45. The maximum absolute atomic E-state index is 11.1. The molecule has 15 heavy (non-hydrogen) atoms. The molecule has 0 aliphatic carbocycles. The molecule has 3 nitrogen and oxygen atoms in total. The fourth-order valence-corrected chi connectivity index (χ4v) is 1.27. The van der Waals surface area contributed by atoms with Gasteiger partial charge in [0.05, 0.1) is 19.3 Å². The number of carbonyl (C=O) groups excluding carboxylic acids is 1. The van der Waals surface area contributed by atoms with Crippen LogP contribution < -0.4 is 5.32 Å². The van der Waals surface area contributed by atoms with Crippen LogP contribution in [0.1, 0.15) is 12.5 Å². The molecule has 1 atom stereocenters. The van der Waals surface area contributed by atoms with Crippen LogP contribution in [0.15, 0.2) is 30.3 Å². The monoisotopic (exact) mass is 207 g/mol. The highest BCUT2D eigenvalue weighted by atomic mass is 16.5. The van der Waals surface area contributed by atoms with E-state index in [1.807, 2.05) is 30.3 Å². The van der Waals surface area contributed by atoms with Crippen molar-refractivity contribution in [3.8, 4) is 0 Å². The Labute approximate surface area is 90.4 Å². The van der Waals surface area contributed by atoms with Crippen LogP contribution in [0, 0.1) is 0 Å². The van der Waals surface area contributed by atoms with Gasteiger partial charge in [0, 0.05) is 0 Å². The summed E-state index contributed by atoms with van der Waals surface area (Å²) >= 11 is 0. The van der Waals surface area contributed by atoms with Crippen LogP contribution in [0.4, 0.5) is 0 Å². The number of hydrogen-bond donors (Lipinski definition) is 1. The molecule has 0 bridgehead atoms. The summed E-state index contributed by atoms with van der Waals surface area (Å²) in [5, 5.41) is 2.91. The summed E-state index contributed by atoms with van der Waals surface area (Å²) in [5.74, 6) is 0.102. The summed E-state index contributed by atoms with van der Waals surface area (Å²) in [6.45, 7) is 2.53. The Kier molecular flexibility index (Phi) is 5.01. The van der Waals surface area contributed by atoms with E-state index >= 15 is 0 Å². The topological polar surface area (TPSA) is 38.3 Å². The lowest BCUT2D eigenvalue weighted by Gasteiger charge is -2.12. The Morgan fingerprint density at radius 3 is 2.60 bits per heavy atom. The molecule has 0 amide bonds. The quantitative estimate of drug-likeness (QED) is 0.766. The molecule has 1 rings (SSSR count). The third kappa shape index (κ3) is 4.23. The number of ether oxygens (including phenoxy) is 1. The van der Waals surface area contributed by atoms with Crippen molar-refractivity contribution in [2.75, 3.05) is 13.7 Å². The molecular weight excluding hydrogens is 190 g/mol. The summed E-state index contributed by atoms with van der Waals surface area (Å²) in [5.41, 5.74) is 1.12. The van der Waals surface area contributed by atoms with Crippen molar-refractivity contribution in [3.05, 3.63) is 35.9 Å². The molecule has 0 aliphatic heterocycles. The average molecular weight is 207 g/mol. The zero-order valence-electron chi connectivity index (χ0n) is 9.19. The van der Waals surface area contributed by atoms with Crippen molar-refractivity contribution in [3.63, 3.8) is 0 Å². The molecule has 0 fully saturated rings. The number of likely N-dealkylation sites (N-methyl/N-ethyl adjacent to an activating group) is 1. The first-order chi connectivity index (χ1) is 7.24. The standard InChI is InChI=1S/C12H17NO2/c1-10(14)12(13-2)9-15-8-11-6-4-3-5-7-11/h3-7,12-13H,8-9H2,1-2H3/t12-/m1/s1. The van der Waals surface area contributed by atoms with Crippen LogP contribution in [0.25, 0.3) is 0 Å².